The molecule has 7 heteroatoms. The second-order valence-corrected chi connectivity index (χ2v) is 8.54. The van der Waals surface area contributed by atoms with Crippen LogP contribution in [0, 0.1) is 5.92 Å². The van der Waals surface area contributed by atoms with Gasteiger partial charge in [0.05, 0.1) is 6.26 Å². The van der Waals surface area contributed by atoms with Gasteiger partial charge in [0.15, 0.2) is 0 Å². The predicted molar refractivity (Wildman–Crippen MR) is 87.0 cm³/mol. The summed E-state index contributed by atoms with van der Waals surface area (Å²) < 4.78 is 24.4. The first-order chi connectivity index (χ1) is 10.4. The largest absolute Gasteiger partial charge is 0.353 e. The van der Waals surface area contributed by atoms with Crippen LogP contribution in [0.5, 0.6) is 0 Å². The Morgan fingerprint density at radius 1 is 1.09 bits per heavy atom. The van der Waals surface area contributed by atoms with Gasteiger partial charge >= 0.3 is 0 Å². The molecule has 1 N–H and O–H groups in total. The lowest BCUT2D eigenvalue weighted by Gasteiger charge is -2.34. The molecule has 2 aliphatic rings. The zero-order valence-electron chi connectivity index (χ0n) is 13.8. The normalized spacial score (nSPS) is 23.5. The minimum absolute atomic E-state index is 0.0355. The molecule has 2 fully saturated rings. The highest BCUT2D eigenvalue weighted by Gasteiger charge is 2.30. The van der Waals surface area contributed by atoms with Crippen LogP contribution in [0.4, 0.5) is 0 Å². The highest BCUT2D eigenvalue weighted by atomic mass is 32.2. The first-order valence-electron chi connectivity index (χ1n) is 8.38. The highest BCUT2D eigenvalue weighted by Crippen LogP contribution is 2.20. The van der Waals surface area contributed by atoms with Gasteiger partial charge in [0.2, 0.25) is 15.9 Å². The van der Waals surface area contributed by atoms with Crippen molar-refractivity contribution in [3.05, 3.63) is 0 Å². The predicted octanol–water partition coefficient (Wildman–Crippen LogP) is 0.649. The molecule has 0 atom stereocenters. The standard InChI is InChI=1S/C15H29N3O3S/c1-3-8-17-9-6-14(7-10-17)16-15(19)13-4-11-18(12-5-13)22(2,20)21/h13-14H,3-12H2,1-2H3,(H,16,19). The minimum Gasteiger partial charge on any atom is -0.353 e. The molecule has 0 aromatic heterocycles. The van der Waals surface area contributed by atoms with E-state index in [-0.39, 0.29) is 17.9 Å². The average molecular weight is 331 g/mol. The third kappa shape index (κ3) is 4.93. The molecular formula is C15H29N3O3S. The van der Waals surface area contributed by atoms with Crippen LogP contribution in [0.3, 0.4) is 0 Å². The van der Waals surface area contributed by atoms with Crippen molar-refractivity contribution >= 4 is 15.9 Å². The van der Waals surface area contributed by atoms with E-state index in [1.54, 1.807) is 0 Å². The Morgan fingerprint density at radius 3 is 2.18 bits per heavy atom. The number of piperidine rings is 2. The molecule has 22 heavy (non-hydrogen) atoms. The second kappa shape index (κ2) is 7.75. The lowest BCUT2D eigenvalue weighted by atomic mass is 9.96. The fourth-order valence-corrected chi connectivity index (χ4v) is 4.26. The fraction of sp³-hybridized carbons (Fsp3) is 0.933. The Balaban J connectivity index is 1.73. The van der Waals surface area contributed by atoms with Crippen LogP contribution in [-0.4, -0.2) is 68.6 Å². The lowest BCUT2D eigenvalue weighted by molar-refractivity contribution is -0.127. The number of rotatable bonds is 5. The van der Waals surface area contributed by atoms with E-state index in [0.717, 1.165) is 32.5 Å². The fourth-order valence-electron chi connectivity index (χ4n) is 3.39. The van der Waals surface area contributed by atoms with Crippen LogP contribution >= 0.6 is 0 Å². The van der Waals surface area contributed by atoms with E-state index in [4.69, 9.17) is 0 Å². The van der Waals surface area contributed by atoms with Crippen molar-refractivity contribution in [1.29, 1.82) is 0 Å². The summed E-state index contributed by atoms with van der Waals surface area (Å²) in [6.45, 7) is 6.38. The zero-order valence-corrected chi connectivity index (χ0v) is 14.6. The number of nitrogens with one attached hydrogen (secondary N) is 1. The van der Waals surface area contributed by atoms with Crippen LogP contribution in [-0.2, 0) is 14.8 Å². The van der Waals surface area contributed by atoms with E-state index in [1.807, 2.05) is 0 Å². The molecule has 0 bridgehead atoms. The molecule has 0 aromatic carbocycles. The van der Waals surface area contributed by atoms with E-state index in [9.17, 15) is 13.2 Å². The Bertz CT molecular complexity index is 464. The molecule has 0 saturated carbocycles. The van der Waals surface area contributed by atoms with Crippen molar-refractivity contribution in [3.63, 3.8) is 0 Å². The number of sulfonamides is 1. The monoisotopic (exact) mass is 331 g/mol. The van der Waals surface area contributed by atoms with Gasteiger partial charge in [-0.25, -0.2) is 12.7 Å². The smallest absolute Gasteiger partial charge is 0.223 e. The number of carbonyl (C=O) groups is 1. The molecule has 2 rings (SSSR count). The Kier molecular flexibility index (Phi) is 6.23. The van der Waals surface area contributed by atoms with Crippen LogP contribution in [0.2, 0.25) is 0 Å². The van der Waals surface area contributed by atoms with Crippen LogP contribution in [0.1, 0.15) is 39.0 Å². The van der Waals surface area contributed by atoms with E-state index < -0.39 is 10.0 Å². The summed E-state index contributed by atoms with van der Waals surface area (Å²) in [5.74, 6) is 0.0776. The van der Waals surface area contributed by atoms with E-state index in [0.29, 0.717) is 25.9 Å². The topological polar surface area (TPSA) is 69.7 Å². The third-order valence-corrected chi connectivity index (χ3v) is 6.07. The first kappa shape index (κ1) is 17.7. The van der Waals surface area contributed by atoms with Crippen LogP contribution in [0.15, 0.2) is 0 Å². The van der Waals surface area contributed by atoms with E-state index >= 15 is 0 Å². The molecule has 2 heterocycles. The van der Waals surface area contributed by atoms with Gasteiger partial charge in [-0.15, -0.1) is 0 Å². The third-order valence-electron chi connectivity index (χ3n) is 4.77. The molecule has 0 aliphatic carbocycles. The van der Waals surface area contributed by atoms with Gasteiger partial charge in [-0.3, -0.25) is 4.79 Å². The second-order valence-electron chi connectivity index (χ2n) is 6.56. The summed E-state index contributed by atoms with van der Waals surface area (Å²) >= 11 is 0. The molecular weight excluding hydrogens is 302 g/mol. The van der Waals surface area contributed by atoms with Crippen molar-refractivity contribution in [2.75, 3.05) is 39.0 Å². The number of likely N-dealkylation sites (tertiary alicyclic amines) is 1. The van der Waals surface area contributed by atoms with Gasteiger partial charge in [0.25, 0.3) is 0 Å². The molecule has 2 aliphatic heterocycles. The number of amides is 1. The Labute approximate surface area is 134 Å². The van der Waals surface area contributed by atoms with Crippen molar-refractivity contribution < 1.29 is 13.2 Å². The molecule has 0 aromatic rings. The van der Waals surface area contributed by atoms with E-state index in [2.05, 4.69) is 17.1 Å². The molecule has 2 saturated heterocycles. The summed E-state index contributed by atoms with van der Waals surface area (Å²) in [4.78, 5) is 14.8. The average Bonchev–Trinajstić information content (AvgIpc) is 2.49. The summed E-state index contributed by atoms with van der Waals surface area (Å²) in [6, 6.07) is 0.286. The summed E-state index contributed by atoms with van der Waals surface area (Å²) in [6.07, 6.45) is 5.72. The van der Waals surface area contributed by atoms with Crippen molar-refractivity contribution in [1.82, 2.24) is 14.5 Å². The lowest BCUT2D eigenvalue weighted by Crippen LogP contribution is -2.48. The number of hydrogen-bond acceptors (Lipinski definition) is 4. The Hall–Kier alpha value is -0.660. The molecule has 6 nitrogen and oxygen atoms in total. The van der Waals surface area contributed by atoms with Gasteiger partial charge in [0, 0.05) is 38.1 Å². The molecule has 128 valence electrons. The highest BCUT2D eigenvalue weighted by molar-refractivity contribution is 7.88. The van der Waals surface area contributed by atoms with E-state index in [1.165, 1.54) is 17.0 Å². The van der Waals surface area contributed by atoms with Crippen LogP contribution in [0.25, 0.3) is 0 Å². The zero-order chi connectivity index (χ0) is 16.2. The number of hydrogen-bond donors (Lipinski definition) is 1. The van der Waals surface area contributed by atoms with Gasteiger partial charge < -0.3 is 10.2 Å². The SMILES string of the molecule is CCCN1CCC(NC(=O)C2CCN(S(C)(=O)=O)CC2)CC1. The molecule has 0 unspecified atom stereocenters. The minimum atomic E-state index is -3.12. The maximum absolute atomic E-state index is 12.3. The Morgan fingerprint density at radius 2 is 1.68 bits per heavy atom. The molecule has 1 amide bonds. The quantitative estimate of drug-likeness (QED) is 0.803. The maximum Gasteiger partial charge on any atom is 0.223 e. The van der Waals surface area contributed by atoms with Gasteiger partial charge in [-0.05, 0) is 38.6 Å². The van der Waals surface area contributed by atoms with Gasteiger partial charge in [-0.1, -0.05) is 6.92 Å². The summed E-state index contributed by atoms with van der Waals surface area (Å²) in [5, 5.41) is 3.17. The van der Waals surface area contributed by atoms with Gasteiger partial charge in [0.1, 0.15) is 0 Å². The van der Waals surface area contributed by atoms with Crippen LogP contribution < -0.4 is 5.32 Å². The number of carbonyl (C=O) groups excluding carboxylic acids is 1. The van der Waals surface area contributed by atoms with Crippen molar-refractivity contribution in [2.24, 2.45) is 5.92 Å². The summed E-state index contributed by atoms with van der Waals surface area (Å²) in [7, 11) is -3.12. The van der Waals surface area contributed by atoms with Crippen molar-refractivity contribution in [3.8, 4) is 0 Å². The molecule has 0 spiro atoms. The van der Waals surface area contributed by atoms with Gasteiger partial charge in [-0.2, -0.15) is 0 Å². The molecule has 0 radical (unpaired) electrons. The van der Waals surface area contributed by atoms with Crippen molar-refractivity contribution in [2.45, 2.75) is 45.1 Å². The number of nitrogens with zero attached hydrogens (tertiary/aromatic N) is 2. The maximum atomic E-state index is 12.3. The first-order valence-corrected chi connectivity index (χ1v) is 10.2. The summed E-state index contributed by atoms with van der Waals surface area (Å²) in [5.41, 5.74) is 0.